The molecular weight excluding hydrogens is 224 g/mol. The third kappa shape index (κ3) is 2.05. The van der Waals surface area contributed by atoms with Crippen molar-refractivity contribution in [1.29, 1.82) is 0 Å². The minimum absolute atomic E-state index is 0.0855. The zero-order valence-electron chi connectivity index (χ0n) is 8.66. The maximum atomic E-state index is 11.4. The maximum Gasteiger partial charge on any atom is 0.360 e. The highest BCUT2D eigenvalue weighted by molar-refractivity contribution is 6.79. The number of carboxylic acids is 1. The van der Waals surface area contributed by atoms with E-state index in [1.807, 2.05) is 6.07 Å². The molecule has 0 radical (unpaired) electrons. The highest BCUT2D eigenvalue weighted by Crippen LogP contribution is 2.11. The fourth-order valence-corrected chi connectivity index (χ4v) is 1.43. The first-order valence-corrected chi connectivity index (χ1v) is 4.81. The van der Waals surface area contributed by atoms with Crippen LogP contribution in [0.5, 0.6) is 0 Å². The Morgan fingerprint density at radius 1 is 1.24 bits per heavy atom. The number of aliphatic carboxylic acids is 1. The van der Waals surface area contributed by atoms with Crippen LogP contribution in [0, 0.1) is 0 Å². The molecule has 0 bridgehead atoms. The zero-order valence-corrected chi connectivity index (χ0v) is 8.66. The molecule has 1 N–H and O–H groups in total. The van der Waals surface area contributed by atoms with Crippen molar-refractivity contribution in [2.45, 2.75) is 6.54 Å². The number of carboxylic acid groups (broad SMARTS) is 1. The smallest absolute Gasteiger partial charge is 0.360 e. The van der Waals surface area contributed by atoms with Gasteiger partial charge in [-0.05, 0) is 5.56 Å². The van der Waals surface area contributed by atoms with Gasteiger partial charge in [0.15, 0.2) is 0 Å². The highest BCUT2D eigenvalue weighted by atomic mass is 16.4. The van der Waals surface area contributed by atoms with Gasteiger partial charge >= 0.3 is 11.9 Å². The molecule has 1 aliphatic rings. The summed E-state index contributed by atoms with van der Waals surface area (Å²) >= 11 is 0. The van der Waals surface area contributed by atoms with Gasteiger partial charge in [0.05, 0.1) is 6.54 Å². The van der Waals surface area contributed by atoms with Crippen LogP contribution in [0.3, 0.4) is 0 Å². The number of Topliss-reactive ketones (excluding diaryl/α,β-unsaturated/α-hetero) is 1. The van der Waals surface area contributed by atoms with Crippen molar-refractivity contribution in [3.63, 3.8) is 0 Å². The second kappa shape index (κ2) is 4.17. The molecule has 6 heteroatoms. The van der Waals surface area contributed by atoms with E-state index < -0.39 is 23.4 Å². The minimum Gasteiger partial charge on any atom is -0.476 e. The van der Waals surface area contributed by atoms with E-state index in [9.17, 15) is 14.4 Å². The summed E-state index contributed by atoms with van der Waals surface area (Å²) in [6, 6.07) is 8.88. The second-order valence-electron chi connectivity index (χ2n) is 3.43. The van der Waals surface area contributed by atoms with Gasteiger partial charge in [-0.25, -0.2) is 9.80 Å². The Labute approximate surface area is 96.2 Å². The number of hydrazone groups is 1. The number of amides is 1. The largest absolute Gasteiger partial charge is 0.476 e. The summed E-state index contributed by atoms with van der Waals surface area (Å²) in [5.74, 6) is -3.47. The molecule has 0 atom stereocenters. The monoisotopic (exact) mass is 232 g/mol. The predicted molar refractivity (Wildman–Crippen MR) is 57.1 cm³/mol. The Morgan fingerprint density at radius 3 is 2.41 bits per heavy atom. The van der Waals surface area contributed by atoms with Crippen molar-refractivity contribution in [3.05, 3.63) is 35.9 Å². The van der Waals surface area contributed by atoms with Crippen LogP contribution in [0.2, 0.25) is 0 Å². The lowest BCUT2D eigenvalue weighted by Crippen LogP contribution is -2.29. The van der Waals surface area contributed by atoms with E-state index >= 15 is 0 Å². The summed E-state index contributed by atoms with van der Waals surface area (Å²) in [5, 5.41) is 13.0. The minimum atomic E-state index is -1.49. The second-order valence-corrected chi connectivity index (χ2v) is 3.43. The van der Waals surface area contributed by atoms with E-state index in [0.717, 1.165) is 10.6 Å². The molecule has 1 aromatic carbocycles. The Hall–Kier alpha value is -2.50. The summed E-state index contributed by atoms with van der Waals surface area (Å²) in [5.41, 5.74) is 0.0370. The first-order valence-electron chi connectivity index (χ1n) is 4.81. The molecule has 86 valence electrons. The van der Waals surface area contributed by atoms with Gasteiger partial charge in [0.2, 0.25) is 5.71 Å². The number of carbonyl (C=O) groups is 3. The molecule has 0 fully saturated rings. The Kier molecular flexibility index (Phi) is 2.70. The molecule has 17 heavy (non-hydrogen) atoms. The van der Waals surface area contributed by atoms with Crippen molar-refractivity contribution in [2.24, 2.45) is 5.10 Å². The SMILES string of the molecule is O=C(O)C1=NN(Cc2ccccc2)C(=O)C1=O. The summed E-state index contributed by atoms with van der Waals surface area (Å²) < 4.78 is 0. The summed E-state index contributed by atoms with van der Waals surface area (Å²) in [6.45, 7) is 0.0855. The molecule has 0 aliphatic carbocycles. The van der Waals surface area contributed by atoms with Gasteiger partial charge in [-0.3, -0.25) is 9.59 Å². The molecular formula is C11H8N2O4. The van der Waals surface area contributed by atoms with Gasteiger partial charge in [-0.15, -0.1) is 0 Å². The van der Waals surface area contributed by atoms with E-state index in [4.69, 9.17) is 5.11 Å². The maximum absolute atomic E-state index is 11.4. The fourth-order valence-electron chi connectivity index (χ4n) is 1.43. The molecule has 0 saturated carbocycles. The number of hydrogen-bond donors (Lipinski definition) is 1. The van der Waals surface area contributed by atoms with Gasteiger partial charge in [0.25, 0.3) is 5.78 Å². The first-order chi connectivity index (χ1) is 8.09. The Morgan fingerprint density at radius 2 is 1.88 bits per heavy atom. The van der Waals surface area contributed by atoms with Crippen LogP contribution in [0.15, 0.2) is 35.4 Å². The molecule has 1 aromatic rings. The third-order valence-corrected chi connectivity index (χ3v) is 2.24. The van der Waals surface area contributed by atoms with E-state index in [-0.39, 0.29) is 6.54 Å². The average Bonchev–Trinajstić information content (AvgIpc) is 2.59. The molecule has 0 unspecified atom stereocenters. The number of rotatable bonds is 3. The van der Waals surface area contributed by atoms with E-state index in [1.54, 1.807) is 24.3 Å². The van der Waals surface area contributed by atoms with Gasteiger partial charge in [-0.1, -0.05) is 30.3 Å². The Balaban J connectivity index is 2.21. The van der Waals surface area contributed by atoms with Crippen molar-refractivity contribution < 1.29 is 19.5 Å². The number of benzene rings is 1. The first kappa shape index (κ1) is 11.0. The zero-order chi connectivity index (χ0) is 12.4. The van der Waals surface area contributed by atoms with Crippen LogP contribution >= 0.6 is 0 Å². The van der Waals surface area contributed by atoms with Gasteiger partial charge < -0.3 is 5.11 Å². The van der Waals surface area contributed by atoms with Crippen LogP contribution in [0.1, 0.15) is 5.56 Å². The van der Waals surface area contributed by atoms with Gasteiger partial charge in [0, 0.05) is 0 Å². The van der Waals surface area contributed by atoms with Crippen LogP contribution < -0.4 is 0 Å². The normalized spacial score (nSPS) is 15.1. The molecule has 6 nitrogen and oxygen atoms in total. The number of carbonyl (C=O) groups excluding carboxylic acids is 2. The van der Waals surface area contributed by atoms with E-state index in [1.165, 1.54) is 0 Å². The molecule has 1 amide bonds. The van der Waals surface area contributed by atoms with Crippen LogP contribution in [-0.4, -0.2) is 33.5 Å². The predicted octanol–water partition coefficient (Wildman–Crippen LogP) is 0.0385. The lowest BCUT2D eigenvalue weighted by Gasteiger charge is -2.09. The average molecular weight is 232 g/mol. The topological polar surface area (TPSA) is 87.0 Å². The summed E-state index contributed by atoms with van der Waals surface area (Å²) in [7, 11) is 0. The van der Waals surface area contributed by atoms with E-state index in [0.29, 0.717) is 0 Å². The molecule has 1 aliphatic heterocycles. The van der Waals surface area contributed by atoms with Gasteiger partial charge in [0.1, 0.15) is 0 Å². The van der Waals surface area contributed by atoms with Crippen molar-refractivity contribution in [3.8, 4) is 0 Å². The lowest BCUT2D eigenvalue weighted by atomic mass is 10.2. The molecule has 0 aromatic heterocycles. The van der Waals surface area contributed by atoms with Crippen molar-refractivity contribution in [1.82, 2.24) is 5.01 Å². The molecule has 0 saturated heterocycles. The summed E-state index contributed by atoms with van der Waals surface area (Å²) in [4.78, 5) is 33.3. The number of nitrogens with zero attached hydrogens (tertiary/aromatic N) is 2. The van der Waals surface area contributed by atoms with E-state index in [2.05, 4.69) is 5.10 Å². The Bertz CT molecular complexity index is 522. The van der Waals surface area contributed by atoms with Crippen molar-refractivity contribution in [2.75, 3.05) is 0 Å². The number of ketones is 1. The van der Waals surface area contributed by atoms with Crippen LogP contribution in [-0.2, 0) is 20.9 Å². The highest BCUT2D eigenvalue weighted by Gasteiger charge is 2.37. The molecule has 2 rings (SSSR count). The number of hydrogen-bond acceptors (Lipinski definition) is 4. The molecule has 1 heterocycles. The summed E-state index contributed by atoms with van der Waals surface area (Å²) in [6.07, 6.45) is 0. The quantitative estimate of drug-likeness (QED) is 0.745. The fraction of sp³-hybridized carbons (Fsp3) is 0.0909. The lowest BCUT2D eigenvalue weighted by molar-refractivity contribution is -0.140. The molecule has 0 spiro atoms. The van der Waals surface area contributed by atoms with Crippen LogP contribution in [0.4, 0.5) is 0 Å². The third-order valence-electron chi connectivity index (χ3n) is 2.24. The van der Waals surface area contributed by atoms with Crippen LogP contribution in [0.25, 0.3) is 0 Å². The van der Waals surface area contributed by atoms with Gasteiger partial charge in [-0.2, -0.15) is 5.10 Å². The van der Waals surface area contributed by atoms with Crippen molar-refractivity contribution >= 4 is 23.4 Å². The standard InChI is InChI=1S/C11H8N2O4/c14-9-8(11(16)17)12-13(10(9)15)6-7-4-2-1-3-5-7/h1-5H,6H2,(H,16,17).